The van der Waals surface area contributed by atoms with E-state index in [2.05, 4.69) is 33.0 Å². The fraction of sp³-hybridized carbons (Fsp3) is 0.714. The number of aromatic nitrogens is 2. The van der Waals surface area contributed by atoms with Gasteiger partial charge in [-0.15, -0.1) is 0 Å². The van der Waals surface area contributed by atoms with E-state index in [1.54, 1.807) is 0 Å². The third-order valence-electron chi connectivity index (χ3n) is 3.81. The minimum absolute atomic E-state index is 0.0916. The van der Waals surface area contributed by atoms with Gasteiger partial charge in [0, 0.05) is 11.7 Å². The van der Waals surface area contributed by atoms with Gasteiger partial charge in [-0.3, -0.25) is 9.48 Å². The van der Waals surface area contributed by atoms with Crippen LogP contribution in [0.25, 0.3) is 0 Å². The van der Waals surface area contributed by atoms with E-state index in [1.165, 1.54) is 25.7 Å². The maximum absolute atomic E-state index is 12.1. The first kappa shape index (κ1) is 14.8. The van der Waals surface area contributed by atoms with Crippen molar-refractivity contribution in [1.29, 1.82) is 0 Å². The molecule has 19 heavy (non-hydrogen) atoms. The first-order valence-electron chi connectivity index (χ1n) is 7.07. The topological polar surface area (TPSA) is 46.9 Å². The van der Waals surface area contributed by atoms with E-state index >= 15 is 0 Å². The summed E-state index contributed by atoms with van der Waals surface area (Å²) in [6, 6.07) is 0.367. The van der Waals surface area contributed by atoms with E-state index in [9.17, 15) is 4.79 Å². The first-order chi connectivity index (χ1) is 9.08. The van der Waals surface area contributed by atoms with Crippen molar-refractivity contribution in [3.63, 3.8) is 0 Å². The summed E-state index contributed by atoms with van der Waals surface area (Å²) in [6.07, 6.45) is 7.34. The van der Waals surface area contributed by atoms with Crippen molar-refractivity contribution in [2.45, 2.75) is 65.0 Å². The number of carbonyl (C=O) groups excluding carboxylic acids is 1. The van der Waals surface area contributed by atoms with Gasteiger partial charge < -0.3 is 5.32 Å². The summed E-state index contributed by atoms with van der Waals surface area (Å²) in [5.41, 5.74) is 2.08. The van der Waals surface area contributed by atoms with Crippen molar-refractivity contribution < 1.29 is 4.79 Å². The third kappa shape index (κ3) is 3.94. The molecule has 0 atom stereocenters. The van der Waals surface area contributed by atoms with Crippen molar-refractivity contribution >= 4 is 28.5 Å². The highest BCUT2D eigenvalue weighted by atomic mass is 127. The Morgan fingerprint density at radius 2 is 1.95 bits per heavy atom. The van der Waals surface area contributed by atoms with Gasteiger partial charge in [0.25, 0.3) is 0 Å². The molecule has 5 heteroatoms. The Kier molecular flexibility index (Phi) is 5.24. The predicted octanol–water partition coefficient (Wildman–Crippen LogP) is 2.94. The zero-order valence-electron chi connectivity index (χ0n) is 11.7. The average Bonchev–Trinajstić information content (AvgIpc) is 2.61. The van der Waals surface area contributed by atoms with Gasteiger partial charge in [-0.05, 0) is 49.3 Å². The van der Waals surface area contributed by atoms with Crippen LogP contribution >= 0.6 is 22.6 Å². The number of nitrogens with zero attached hydrogens (tertiary/aromatic N) is 2. The lowest BCUT2D eigenvalue weighted by Gasteiger charge is -2.16. The lowest BCUT2D eigenvalue weighted by molar-refractivity contribution is -0.122. The van der Waals surface area contributed by atoms with Gasteiger partial charge in [0.15, 0.2) is 0 Å². The summed E-state index contributed by atoms with van der Waals surface area (Å²) in [6.45, 7) is 4.33. The molecule has 0 spiro atoms. The zero-order valence-corrected chi connectivity index (χ0v) is 13.9. The van der Waals surface area contributed by atoms with Crippen LogP contribution in [0.5, 0.6) is 0 Å². The molecule has 1 aliphatic carbocycles. The fourth-order valence-corrected chi connectivity index (χ4v) is 3.05. The zero-order chi connectivity index (χ0) is 13.8. The summed E-state index contributed by atoms with van der Waals surface area (Å²) < 4.78 is 2.96. The van der Waals surface area contributed by atoms with E-state index in [4.69, 9.17) is 0 Å². The molecule has 4 nitrogen and oxygen atoms in total. The minimum Gasteiger partial charge on any atom is -0.352 e. The van der Waals surface area contributed by atoms with Crippen molar-refractivity contribution in [2.75, 3.05) is 0 Å². The summed E-state index contributed by atoms with van der Waals surface area (Å²) in [5, 5.41) is 7.57. The summed E-state index contributed by atoms with van der Waals surface area (Å²) >= 11 is 2.28. The Hall–Kier alpha value is -0.590. The molecule has 1 aromatic heterocycles. The number of halogens is 1. The van der Waals surface area contributed by atoms with Gasteiger partial charge in [0.2, 0.25) is 5.91 Å². The SMILES string of the molecule is Cc1nn(CC(=O)NC2CCCCCC2)c(C)c1I. The monoisotopic (exact) mass is 375 g/mol. The Morgan fingerprint density at radius 3 is 2.47 bits per heavy atom. The number of hydrogen-bond donors (Lipinski definition) is 1. The number of amides is 1. The van der Waals surface area contributed by atoms with Gasteiger partial charge in [0.1, 0.15) is 6.54 Å². The molecule has 2 rings (SSSR count). The molecular formula is C14H22IN3O. The van der Waals surface area contributed by atoms with E-state index in [0.717, 1.165) is 27.8 Å². The molecule has 1 N–H and O–H groups in total. The van der Waals surface area contributed by atoms with Crippen LogP contribution in [0.4, 0.5) is 0 Å². The lowest BCUT2D eigenvalue weighted by Crippen LogP contribution is -2.37. The number of aryl methyl sites for hydroxylation is 1. The highest BCUT2D eigenvalue weighted by molar-refractivity contribution is 14.1. The molecule has 1 aliphatic rings. The lowest BCUT2D eigenvalue weighted by atomic mass is 10.1. The fourth-order valence-electron chi connectivity index (χ4n) is 2.66. The highest BCUT2D eigenvalue weighted by Crippen LogP contribution is 2.18. The summed E-state index contributed by atoms with van der Waals surface area (Å²) in [4.78, 5) is 12.1. The van der Waals surface area contributed by atoms with Crippen LogP contribution in [0.1, 0.15) is 49.9 Å². The van der Waals surface area contributed by atoms with Gasteiger partial charge in [0.05, 0.1) is 9.26 Å². The molecular weight excluding hydrogens is 353 g/mol. The van der Waals surface area contributed by atoms with Crippen LogP contribution < -0.4 is 5.32 Å². The maximum Gasteiger partial charge on any atom is 0.241 e. The molecule has 1 fully saturated rings. The molecule has 0 aromatic carbocycles. The van der Waals surface area contributed by atoms with Crippen molar-refractivity contribution in [1.82, 2.24) is 15.1 Å². The van der Waals surface area contributed by atoms with E-state index < -0.39 is 0 Å². The predicted molar refractivity (Wildman–Crippen MR) is 84.1 cm³/mol. The normalized spacial score (nSPS) is 17.2. The standard InChI is InChI=1S/C14H22IN3O/c1-10-14(15)11(2)18(17-10)9-13(19)16-12-7-5-3-4-6-8-12/h12H,3-9H2,1-2H3,(H,16,19). The molecule has 0 bridgehead atoms. The number of rotatable bonds is 3. The highest BCUT2D eigenvalue weighted by Gasteiger charge is 2.16. The molecule has 1 aromatic rings. The van der Waals surface area contributed by atoms with Crippen LogP contribution in [0.3, 0.4) is 0 Å². The second-order valence-electron chi connectivity index (χ2n) is 5.40. The van der Waals surface area contributed by atoms with Gasteiger partial charge in [-0.2, -0.15) is 5.10 Å². The summed E-state index contributed by atoms with van der Waals surface area (Å²) in [7, 11) is 0. The molecule has 0 radical (unpaired) electrons. The Balaban J connectivity index is 1.91. The number of hydrogen-bond acceptors (Lipinski definition) is 2. The van der Waals surface area contributed by atoms with Crippen molar-refractivity contribution in [3.05, 3.63) is 15.0 Å². The molecule has 0 saturated heterocycles. The molecule has 0 aliphatic heterocycles. The van der Waals surface area contributed by atoms with E-state index in [1.807, 2.05) is 18.5 Å². The van der Waals surface area contributed by atoms with Gasteiger partial charge in [-0.25, -0.2) is 0 Å². The molecule has 106 valence electrons. The smallest absolute Gasteiger partial charge is 0.241 e. The van der Waals surface area contributed by atoms with Crippen LogP contribution in [0.15, 0.2) is 0 Å². The molecule has 1 amide bonds. The Morgan fingerprint density at radius 1 is 1.32 bits per heavy atom. The molecule has 1 saturated carbocycles. The van der Waals surface area contributed by atoms with Crippen LogP contribution in [0, 0.1) is 17.4 Å². The number of carbonyl (C=O) groups is 1. The number of nitrogens with one attached hydrogen (secondary N) is 1. The second-order valence-corrected chi connectivity index (χ2v) is 6.48. The van der Waals surface area contributed by atoms with Crippen LogP contribution in [-0.4, -0.2) is 21.7 Å². The average molecular weight is 375 g/mol. The van der Waals surface area contributed by atoms with Gasteiger partial charge >= 0.3 is 0 Å². The van der Waals surface area contributed by atoms with Gasteiger partial charge in [-0.1, -0.05) is 25.7 Å². The molecule has 0 unspecified atom stereocenters. The Bertz CT molecular complexity index is 448. The van der Waals surface area contributed by atoms with E-state index in [0.29, 0.717) is 12.6 Å². The largest absolute Gasteiger partial charge is 0.352 e. The minimum atomic E-state index is 0.0916. The molecule has 1 heterocycles. The van der Waals surface area contributed by atoms with Crippen molar-refractivity contribution in [3.8, 4) is 0 Å². The Labute approximate surface area is 128 Å². The van der Waals surface area contributed by atoms with Crippen molar-refractivity contribution in [2.24, 2.45) is 0 Å². The maximum atomic E-state index is 12.1. The van der Waals surface area contributed by atoms with Crippen LogP contribution in [0.2, 0.25) is 0 Å². The van der Waals surface area contributed by atoms with Crippen LogP contribution in [-0.2, 0) is 11.3 Å². The third-order valence-corrected chi connectivity index (χ3v) is 5.37. The summed E-state index contributed by atoms with van der Waals surface area (Å²) in [5.74, 6) is 0.0916. The second kappa shape index (κ2) is 6.72. The van der Waals surface area contributed by atoms with E-state index in [-0.39, 0.29) is 5.91 Å². The quantitative estimate of drug-likeness (QED) is 0.652. The first-order valence-corrected chi connectivity index (χ1v) is 8.14.